The Balaban J connectivity index is 1.36. The fraction of sp³-hybridized carbons (Fsp3) is 0.261. The van der Waals surface area contributed by atoms with E-state index in [1.807, 2.05) is 67.7 Å². The van der Waals surface area contributed by atoms with Crippen LogP contribution in [0.15, 0.2) is 67.0 Å². The first-order chi connectivity index (χ1) is 14.2. The van der Waals surface area contributed by atoms with Crippen molar-refractivity contribution in [3.63, 3.8) is 0 Å². The fourth-order valence-electron chi connectivity index (χ4n) is 3.45. The van der Waals surface area contributed by atoms with Crippen LogP contribution in [0.5, 0.6) is 0 Å². The first-order valence-corrected chi connectivity index (χ1v) is 9.90. The first kappa shape index (κ1) is 18.9. The third-order valence-corrected chi connectivity index (χ3v) is 5.17. The second kappa shape index (κ2) is 8.73. The summed E-state index contributed by atoms with van der Waals surface area (Å²) in [6.45, 7) is 6.10. The number of hydrogen-bond acceptors (Lipinski definition) is 5. The molecule has 0 unspecified atom stereocenters. The third kappa shape index (κ3) is 4.71. The van der Waals surface area contributed by atoms with Gasteiger partial charge in [-0.15, -0.1) is 0 Å². The van der Waals surface area contributed by atoms with Gasteiger partial charge >= 0.3 is 0 Å². The van der Waals surface area contributed by atoms with Crippen molar-refractivity contribution in [1.29, 1.82) is 0 Å². The van der Waals surface area contributed by atoms with Crippen molar-refractivity contribution >= 4 is 17.4 Å². The van der Waals surface area contributed by atoms with Gasteiger partial charge in [-0.25, -0.2) is 4.98 Å². The van der Waals surface area contributed by atoms with Crippen LogP contribution < -0.4 is 15.1 Å². The zero-order valence-electron chi connectivity index (χ0n) is 16.6. The van der Waals surface area contributed by atoms with Crippen molar-refractivity contribution in [2.45, 2.75) is 13.5 Å². The Bertz CT molecular complexity index is 951. The Morgan fingerprint density at radius 3 is 2.41 bits per heavy atom. The number of piperazine rings is 1. The van der Waals surface area contributed by atoms with Crippen molar-refractivity contribution in [1.82, 2.24) is 15.3 Å². The van der Waals surface area contributed by atoms with Crippen LogP contribution in [0.3, 0.4) is 0 Å². The summed E-state index contributed by atoms with van der Waals surface area (Å²) in [5.41, 5.74) is 3.76. The van der Waals surface area contributed by atoms with Gasteiger partial charge < -0.3 is 15.1 Å². The smallest absolute Gasteiger partial charge is 0.270 e. The van der Waals surface area contributed by atoms with E-state index in [9.17, 15) is 4.79 Å². The average molecular weight is 387 g/mol. The molecule has 1 aliphatic heterocycles. The highest BCUT2D eigenvalue weighted by molar-refractivity contribution is 5.93. The minimum Gasteiger partial charge on any atom is -0.368 e. The number of aryl methyl sites for hydroxylation is 1. The summed E-state index contributed by atoms with van der Waals surface area (Å²) in [4.78, 5) is 25.8. The molecule has 0 radical (unpaired) electrons. The van der Waals surface area contributed by atoms with Crippen LogP contribution in [0.25, 0.3) is 0 Å². The van der Waals surface area contributed by atoms with E-state index in [2.05, 4.69) is 25.1 Å². The van der Waals surface area contributed by atoms with Crippen LogP contribution in [-0.2, 0) is 6.54 Å². The number of benzene rings is 1. The van der Waals surface area contributed by atoms with E-state index in [0.717, 1.165) is 43.2 Å². The number of nitrogens with one attached hydrogen (secondary N) is 1. The molecule has 2 aromatic heterocycles. The van der Waals surface area contributed by atoms with Crippen LogP contribution in [0.4, 0.5) is 11.5 Å². The number of carbonyl (C=O) groups is 1. The Kier molecular flexibility index (Phi) is 5.70. The predicted molar refractivity (Wildman–Crippen MR) is 115 cm³/mol. The van der Waals surface area contributed by atoms with Gasteiger partial charge in [0.15, 0.2) is 0 Å². The Morgan fingerprint density at radius 2 is 1.69 bits per heavy atom. The van der Waals surface area contributed by atoms with Gasteiger partial charge in [0.05, 0.1) is 0 Å². The van der Waals surface area contributed by atoms with Crippen LogP contribution in [0.2, 0.25) is 0 Å². The molecule has 0 saturated carbocycles. The molecule has 1 fully saturated rings. The van der Waals surface area contributed by atoms with Crippen molar-refractivity contribution in [3.05, 3.63) is 83.8 Å². The Hall–Kier alpha value is -3.41. The zero-order valence-corrected chi connectivity index (χ0v) is 16.6. The van der Waals surface area contributed by atoms with Crippen LogP contribution >= 0.6 is 0 Å². The molecule has 1 saturated heterocycles. The lowest BCUT2D eigenvalue weighted by atomic mass is 10.1. The van der Waals surface area contributed by atoms with Gasteiger partial charge in [0.2, 0.25) is 0 Å². The molecule has 3 heterocycles. The fourth-order valence-corrected chi connectivity index (χ4v) is 3.45. The molecule has 148 valence electrons. The molecule has 6 nitrogen and oxygen atoms in total. The van der Waals surface area contributed by atoms with E-state index in [-0.39, 0.29) is 5.91 Å². The SMILES string of the molecule is Cc1ccc(CNC(=O)c2cc(N3CCN(c4ccccn4)CC3)ccn2)cc1. The summed E-state index contributed by atoms with van der Waals surface area (Å²) < 4.78 is 0. The lowest BCUT2D eigenvalue weighted by Crippen LogP contribution is -2.46. The summed E-state index contributed by atoms with van der Waals surface area (Å²) in [5, 5.41) is 2.96. The quantitative estimate of drug-likeness (QED) is 0.729. The second-order valence-corrected chi connectivity index (χ2v) is 7.23. The summed E-state index contributed by atoms with van der Waals surface area (Å²) in [5.74, 6) is 0.859. The molecular formula is C23H25N5O. The van der Waals surface area contributed by atoms with Gasteiger partial charge in [-0.1, -0.05) is 35.9 Å². The predicted octanol–water partition coefficient (Wildman–Crippen LogP) is 3.04. The molecule has 0 atom stereocenters. The van der Waals surface area contributed by atoms with E-state index in [4.69, 9.17) is 0 Å². The maximum absolute atomic E-state index is 12.5. The summed E-state index contributed by atoms with van der Waals surface area (Å²) >= 11 is 0. The van der Waals surface area contributed by atoms with Gasteiger partial charge in [0, 0.05) is 50.8 Å². The highest BCUT2D eigenvalue weighted by Gasteiger charge is 2.19. The van der Waals surface area contributed by atoms with Gasteiger partial charge in [-0.3, -0.25) is 9.78 Å². The highest BCUT2D eigenvalue weighted by atomic mass is 16.1. The standard InChI is InChI=1S/C23H25N5O/c1-18-5-7-19(8-6-18)17-26-23(29)21-16-20(9-11-24-21)27-12-14-28(15-13-27)22-4-2-3-10-25-22/h2-11,16H,12-15,17H2,1H3,(H,26,29). The Labute approximate surface area is 171 Å². The molecule has 4 rings (SSSR count). The number of carbonyl (C=O) groups excluding carboxylic acids is 1. The average Bonchev–Trinajstić information content (AvgIpc) is 2.79. The van der Waals surface area contributed by atoms with E-state index in [1.54, 1.807) is 6.20 Å². The number of aromatic nitrogens is 2. The normalized spacial score (nSPS) is 14.0. The molecule has 0 aliphatic carbocycles. The molecule has 3 aromatic rings. The molecule has 0 spiro atoms. The van der Waals surface area contributed by atoms with E-state index in [0.29, 0.717) is 12.2 Å². The maximum atomic E-state index is 12.5. The van der Waals surface area contributed by atoms with E-state index < -0.39 is 0 Å². The molecule has 1 N–H and O–H groups in total. The van der Waals surface area contributed by atoms with Crippen molar-refractivity contribution in [3.8, 4) is 0 Å². The number of amides is 1. The van der Waals surface area contributed by atoms with Crippen LogP contribution in [0.1, 0.15) is 21.6 Å². The molecule has 6 heteroatoms. The lowest BCUT2D eigenvalue weighted by Gasteiger charge is -2.36. The monoisotopic (exact) mass is 387 g/mol. The lowest BCUT2D eigenvalue weighted by molar-refractivity contribution is 0.0946. The molecule has 0 bridgehead atoms. The number of rotatable bonds is 5. The first-order valence-electron chi connectivity index (χ1n) is 9.90. The third-order valence-electron chi connectivity index (χ3n) is 5.17. The van der Waals surface area contributed by atoms with Crippen LogP contribution in [-0.4, -0.2) is 42.1 Å². The number of hydrogen-bond donors (Lipinski definition) is 1. The van der Waals surface area contributed by atoms with Crippen molar-refractivity contribution < 1.29 is 4.79 Å². The summed E-state index contributed by atoms with van der Waals surface area (Å²) in [6, 6.07) is 18.0. The van der Waals surface area contributed by atoms with E-state index >= 15 is 0 Å². The number of nitrogens with zero attached hydrogens (tertiary/aromatic N) is 4. The molecule has 1 amide bonds. The van der Waals surface area contributed by atoms with Crippen LogP contribution in [0, 0.1) is 6.92 Å². The van der Waals surface area contributed by atoms with Gasteiger partial charge in [-0.2, -0.15) is 0 Å². The van der Waals surface area contributed by atoms with Gasteiger partial charge in [-0.05, 0) is 36.8 Å². The number of anilines is 2. The summed E-state index contributed by atoms with van der Waals surface area (Å²) in [7, 11) is 0. The summed E-state index contributed by atoms with van der Waals surface area (Å²) in [6.07, 6.45) is 3.54. The molecule has 1 aliphatic rings. The zero-order chi connectivity index (χ0) is 20.1. The van der Waals surface area contributed by atoms with Gasteiger partial charge in [0.25, 0.3) is 5.91 Å². The largest absolute Gasteiger partial charge is 0.368 e. The minimum atomic E-state index is -0.153. The van der Waals surface area contributed by atoms with E-state index in [1.165, 1.54) is 5.56 Å². The van der Waals surface area contributed by atoms with Crippen molar-refractivity contribution in [2.75, 3.05) is 36.0 Å². The Morgan fingerprint density at radius 1 is 0.931 bits per heavy atom. The molecule has 29 heavy (non-hydrogen) atoms. The highest BCUT2D eigenvalue weighted by Crippen LogP contribution is 2.19. The minimum absolute atomic E-state index is 0.153. The topological polar surface area (TPSA) is 61.4 Å². The molecule has 1 aromatic carbocycles. The maximum Gasteiger partial charge on any atom is 0.270 e. The second-order valence-electron chi connectivity index (χ2n) is 7.23. The number of pyridine rings is 2. The van der Waals surface area contributed by atoms with Gasteiger partial charge in [0.1, 0.15) is 11.5 Å². The molecular weight excluding hydrogens is 362 g/mol. The van der Waals surface area contributed by atoms with Crippen molar-refractivity contribution in [2.24, 2.45) is 0 Å².